The first kappa shape index (κ1) is 17.9. The second-order valence-electron chi connectivity index (χ2n) is 6.61. The van der Waals surface area contributed by atoms with Crippen LogP contribution >= 0.6 is 11.3 Å². The highest BCUT2D eigenvalue weighted by atomic mass is 32.1. The number of nitriles is 1. The molecule has 2 aliphatic rings. The van der Waals surface area contributed by atoms with Gasteiger partial charge in [-0.15, -0.1) is 11.3 Å². The highest BCUT2D eigenvalue weighted by Crippen LogP contribution is 2.47. The van der Waals surface area contributed by atoms with Crippen LogP contribution in [0.4, 0.5) is 11.4 Å². The van der Waals surface area contributed by atoms with Crippen LogP contribution in [0.2, 0.25) is 0 Å². The van der Waals surface area contributed by atoms with Gasteiger partial charge in [0.05, 0.1) is 22.5 Å². The second kappa shape index (κ2) is 6.94. The van der Waals surface area contributed by atoms with E-state index in [4.69, 9.17) is 5.73 Å². The minimum atomic E-state index is -0.471. The predicted octanol–water partition coefficient (Wildman–Crippen LogP) is 3.96. The van der Waals surface area contributed by atoms with Crippen LogP contribution in [-0.2, 0) is 4.79 Å². The quantitative estimate of drug-likeness (QED) is 0.625. The summed E-state index contributed by atoms with van der Waals surface area (Å²) in [7, 11) is 0. The van der Waals surface area contributed by atoms with E-state index < -0.39 is 10.8 Å². The summed E-state index contributed by atoms with van der Waals surface area (Å²) < 4.78 is 0. The third kappa shape index (κ3) is 2.77. The Kier molecular flexibility index (Phi) is 4.45. The molecule has 2 N–H and O–H groups in total. The molecule has 0 bridgehead atoms. The van der Waals surface area contributed by atoms with Crippen LogP contribution in [0.1, 0.15) is 30.1 Å². The molecular formula is C20H16N4O3S. The Bertz CT molecular complexity index is 1060. The van der Waals surface area contributed by atoms with Crippen molar-refractivity contribution in [2.75, 3.05) is 4.90 Å². The normalized spacial score (nSPS) is 19.5. The minimum Gasteiger partial charge on any atom is -0.384 e. The standard InChI is InChI=1S/C20H16N4O3S/c21-11-14-18(17-5-2-10-28-17)19-15(3-1-4-16(19)25)23(20(14)22)12-6-8-13(9-7-12)24(26)27/h2,5-10,18H,1,3-4,22H2. The fourth-order valence-corrected chi connectivity index (χ4v) is 4.69. The maximum absolute atomic E-state index is 12.9. The van der Waals surface area contributed by atoms with E-state index in [-0.39, 0.29) is 17.3 Å². The topological polar surface area (TPSA) is 113 Å². The van der Waals surface area contributed by atoms with Gasteiger partial charge in [-0.2, -0.15) is 5.26 Å². The molecule has 0 radical (unpaired) electrons. The summed E-state index contributed by atoms with van der Waals surface area (Å²) in [6.45, 7) is 0. The van der Waals surface area contributed by atoms with Crippen LogP contribution in [-0.4, -0.2) is 10.7 Å². The summed E-state index contributed by atoms with van der Waals surface area (Å²) in [6, 6.07) is 12.0. The number of nitro benzene ring substituents is 1. The lowest BCUT2D eigenvalue weighted by Gasteiger charge is -2.39. The lowest BCUT2D eigenvalue weighted by molar-refractivity contribution is -0.384. The first-order valence-electron chi connectivity index (χ1n) is 8.77. The fraction of sp³-hybridized carbons (Fsp3) is 0.200. The Balaban J connectivity index is 1.91. The van der Waals surface area contributed by atoms with Crippen LogP contribution in [0, 0.1) is 21.4 Å². The third-order valence-electron chi connectivity index (χ3n) is 5.06. The number of carbonyl (C=O) groups is 1. The summed E-state index contributed by atoms with van der Waals surface area (Å²) in [5.41, 5.74) is 8.70. The number of allylic oxidation sites excluding steroid dienone is 3. The van der Waals surface area contributed by atoms with Gasteiger partial charge in [0.1, 0.15) is 5.82 Å². The van der Waals surface area contributed by atoms with Crippen LogP contribution in [0.15, 0.2) is 64.4 Å². The maximum atomic E-state index is 12.9. The second-order valence-corrected chi connectivity index (χ2v) is 7.58. The first-order valence-corrected chi connectivity index (χ1v) is 9.65. The first-order chi connectivity index (χ1) is 13.5. The van der Waals surface area contributed by atoms with Gasteiger partial charge in [-0.3, -0.25) is 19.8 Å². The average molecular weight is 392 g/mol. The van der Waals surface area contributed by atoms with Crippen LogP contribution < -0.4 is 10.6 Å². The van der Waals surface area contributed by atoms with Crippen molar-refractivity contribution in [3.8, 4) is 6.07 Å². The average Bonchev–Trinajstić information content (AvgIpc) is 3.22. The summed E-state index contributed by atoms with van der Waals surface area (Å²) in [5, 5.41) is 22.7. The van der Waals surface area contributed by atoms with Gasteiger partial charge in [0.25, 0.3) is 5.69 Å². The number of benzene rings is 1. The van der Waals surface area contributed by atoms with Gasteiger partial charge in [0.2, 0.25) is 0 Å². The third-order valence-corrected chi connectivity index (χ3v) is 6.00. The Hall–Kier alpha value is -3.44. The summed E-state index contributed by atoms with van der Waals surface area (Å²) in [4.78, 5) is 26.0. The fourth-order valence-electron chi connectivity index (χ4n) is 3.84. The van der Waals surface area contributed by atoms with Crippen molar-refractivity contribution in [2.24, 2.45) is 5.73 Å². The van der Waals surface area contributed by atoms with Crippen molar-refractivity contribution in [1.82, 2.24) is 0 Å². The van der Waals surface area contributed by atoms with E-state index in [2.05, 4.69) is 6.07 Å². The van der Waals surface area contributed by atoms with Gasteiger partial charge in [-0.1, -0.05) is 6.07 Å². The van der Waals surface area contributed by atoms with Gasteiger partial charge < -0.3 is 5.73 Å². The van der Waals surface area contributed by atoms with Gasteiger partial charge >= 0.3 is 0 Å². The number of nitrogens with zero attached hydrogens (tertiary/aromatic N) is 3. The molecule has 1 aliphatic heterocycles. The molecule has 28 heavy (non-hydrogen) atoms. The molecule has 4 rings (SSSR count). The van der Waals surface area contributed by atoms with E-state index in [0.717, 1.165) is 10.6 Å². The van der Waals surface area contributed by atoms with Gasteiger partial charge in [0.15, 0.2) is 5.78 Å². The number of nitro groups is 1. The molecule has 1 unspecified atom stereocenters. The molecule has 1 atom stereocenters. The molecule has 0 saturated heterocycles. The van der Waals surface area contributed by atoms with Crippen molar-refractivity contribution in [3.05, 3.63) is 79.4 Å². The summed E-state index contributed by atoms with van der Waals surface area (Å²) in [5.74, 6) is -0.169. The number of hydrogen-bond acceptors (Lipinski definition) is 7. The van der Waals surface area contributed by atoms with Gasteiger partial charge in [-0.05, 0) is 36.4 Å². The Labute approximate surface area is 165 Å². The zero-order chi connectivity index (χ0) is 19.8. The molecule has 7 nitrogen and oxygen atoms in total. The van der Waals surface area contributed by atoms with Crippen LogP contribution in [0.25, 0.3) is 0 Å². The maximum Gasteiger partial charge on any atom is 0.269 e. The Morgan fingerprint density at radius 1 is 1.25 bits per heavy atom. The number of thiophene rings is 1. The number of non-ortho nitro benzene ring substituents is 1. The SMILES string of the molecule is N#CC1=C(N)N(c2ccc([N+](=O)[O-])cc2)C2=C(C(=O)CCC2)C1c1cccs1. The number of rotatable bonds is 3. The number of hydrogen-bond donors (Lipinski definition) is 1. The van der Waals surface area contributed by atoms with Crippen molar-refractivity contribution in [2.45, 2.75) is 25.2 Å². The molecule has 2 heterocycles. The van der Waals surface area contributed by atoms with E-state index in [1.54, 1.807) is 17.0 Å². The molecule has 2 aromatic rings. The van der Waals surface area contributed by atoms with Gasteiger partial charge in [-0.25, -0.2) is 0 Å². The number of carbonyl (C=O) groups excluding carboxylic acids is 1. The van der Waals surface area contributed by atoms with Crippen molar-refractivity contribution < 1.29 is 9.72 Å². The molecule has 8 heteroatoms. The van der Waals surface area contributed by atoms with Crippen LogP contribution in [0.3, 0.4) is 0 Å². The van der Waals surface area contributed by atoms with E-state index in [0.29, 0.717) is 36.1 Å². The Morgan fingerprint density at radius 3 is 2.61 bits per heavy atom. The van der Waals surface area contributed by atoms with Crippen molar-refractivity contribution in [1.29, 1.82) is 5.26 Å². The molecule has 0 saturated carbocycles. The molecule has 1 aromatic heterocycles. The molecular weight excluding hydrogens is 376 g/mol. The Morgan fingerprint density at radius 2 is 2.00 bits per heavy atom. The van der Waals surface area contributed by atoms with E-state index in [1.807, 2.05) is 17.5 Å². The lowest BCUT2D eigenvalue weighted by atomic mass is 9.78. The van der Waals surface area contributed by atoms with Crippen molar-refractivity contribution >= 4 is 28.5 Å². The van der Waals surface area contributed by atoms with Crippen molar-refractivity contribution in [3.63, 3.8) is 0 Å². The number of anilines is 1. The smallest absolute Gasteiger partial charge is 0.269 e. The minimum absolute atomic E-state index is 0.0202. The van der Waals surface area contributed by atoms with E-state index in [1.165, 1.54) is 23.5 Å². The molecule has 1 aliphatic carbocycles. The number of nitrogens with two attached hydrogens (primary N) is 1. The molecule has 0 spiro atoms. The van der Waals surface area contributed by atoms with E-state index in [9.17, 15) is 20.2 Å². The van der Waals surface area contributed by atoms with Crippen LogP contribution in [0.5, 0.6) is 0 Å². The summed E-state index contributed by atoms with van der Waals surface area (Å²) in [6.07, 6.45) is 1.79. The zero-order valence-electron chi connectivity index (χ0n) is 14.8. The number of ketones is 1. The molecule has 140 valence electrons. The highest BCUT2D eigenvalue weighted by molar-refractivity contribution is 7.10. The largest absolute Gasteiger partial charge is 0.384 e. The zero-order valence-corrected chi connectivity index (χ0v) is 15.6. The molecule has 0 fully saturated rings. The molecule has 1 aromatic carbocycles. The van der Waals surface area contributed by atoms with E-state index >= 15 is 0 Å². The monoisotopic (exact) mass is 392 g/mol. The molecule has 0 amide bonds. The summed E-state index contributed by atoms with van der Waals surface area (Å²) >= 11 is 1.49. The lowest BCUT2D eigenvalue weighted by Crippen LogP contribution is -2.38. The number of Topliss-reactive ketones (excluding diaryl/α,β-unsaturated/α-hetero) is 1. The predicted molar refractivity (Wildman–Crippen MR) is 105 cm³/mol. The highest BCUT2D eigenvalue weighted by Gasteiger charge is 2.40. The van der Waals surface area contributed by atoms with Gasteiger partial charge in [0, 0.05) is 40.4 Å².